The Morgan fingerprint density at radius 1 is 1.05 bits per heavy atom. The number of pyridine rings is 1. The first-order chi connectivity index (χ1) is 20.3. The number of fused-ring (bicyclic) bond motifs is 1. The van der Waals surface area contributed by atoms with Gasteiger partial charge >= 0.3 is 6.03 Å². The third kappa shape index (κ3) is 5.80. The first-order valence-electron chi connectivity index (χ1n) is 15.3. The molecule has 2 saturated heterocycles. The van der Waals surface area contributed by atoms with Gasteiger partial charge in [0.15, 0.2) is 0 Å². The van der Waals surface area contributed by atoms with E-state index in [1.165, 1.54) is 0 Å². The molecule has 0 atom stereocenters. The molecule has 0 radical (unpaired) electrons. The van der Waals surface area contributed by atoms with Crippen LogP contribution in [-0.2, 0) is 10.0 Å². The van der Waals surface area contributed by atoms with Crippen molar-refractivity contribution in [3.63, 3.8) is 0 Å². The molecule has 4 heterocycles. The summed E-state index contributed by atoms with van der Waals surface area (Å²) < 4.78 is 28.8. The number of hydrogen-bond acceptors (Lipinski definition) is 7. The number of benzene rings is 1. The lowest BCUT2D eigenvalue weighted by molar-refractivity contribution is -0.876. The zero-order valence-electron chi connectivity index (χ0n) is 25.8. The average molecular weight is 611 g/mol. The molecule has 5 rings (SSSR count). The van der Waals surface area contributed by atoms with E-state index < -0.39 is 15.3 Å². The van der Waals surface area contributed by atoms with Gasteiger partial charge in [-0.1, -0.05) is 24.3 Å². The number of aromatic nitrogens is 3. The number of nitrogens with one attached hydrogen (secondary N) is 1. The van der Waals surface area contributed by atoms with Crippen LogP contribution in [0.5, 0.6) is 0 Å². The molecule has 0 aliphatic carbocycles. The third-order valence-electron chi connectivity index (χ3n) is 9.47. The van der Waals surface area contributed by atoms with E-state index in [1.807, 2.05) is 51.1 Å². The van der Waals surface area contributed by atoms with Gasteiger partial charge in [-0.25, -0.2) is 27.0 Å². The van der Waals surface area contributed by atoms with Crippen molar-refractivity contribution < 1.29 is 17.7 Å². The SMILES string of the molecule is Cc1ccccc1-c1cc2cnc(NC3CCN(S(=O)(=O)C(C)C)CC3)nc2n(C2CC[N+](C(N)=O)(C(C)C)CC2)c1=O. The minimum absolute atomic E-state index is 0.0108. The minimum Gasteiger partial charge on any atom is -0.351 e. The molecule has 12 heteroatoms. The number of nitrogens with zero attached hydrogens (tertiary/aromatic N) is 5. The largest absolute Gasteiger partial charge is 0.414 e. The molecule has 3 aromatic rings. The monoisotopic (exact) mass is 610 g/mol. The van der Waals surface area contributed by atoms with Gasteiger partial charge < -0.3 is 11.1 Å². The van der Waals surface area contributed by atoms with Gasteiger partial charge in [-0.3, -0.25) is 9.36 Å². The zero-order chi connectivity index (χ0) is 31.1. The first kappa shape index (κ1) is 31.1. The predicted molar refractivity (Wildman–Crippen MR) is 169 cm³/mol. The van der Waals surface area contributed by atoms with Crippen LogP contribution in [-0.4, -0.2) is 81.3 Å². The first-order valence-corrected chi connectivity index (χ1v) is 16.8. The van der Waals surface area contributed by atoms with E-state index >= 15 is 0 Å². The number of piperidine rings is 2. The number of anilines is 1. The third-order valence-corrected chi connectivity index (χ3v) is 11.7. The highest BCUT2D eigenvalue weighted by molar-refractivity contribution is 7.89. The number of urea groups is 1. The molecule has 0 saturated carbocycles. The maximum atomic E-state index is 14.3. The van der Waals surface area contributed by atoms with Gasteiger partial charge in [0.1, 0.15) is 5.65 Å². The van der Waals surface area contributed by atoms with Crippen LogP contribution >= 0.6 is 0 Å². The number of aryl methyl sites for hydroxylation is 1. The normalized spacial score (nSPS) is 22.3. The van der Waals surface area contributed by atoms with Gasteiger partial charge in [0, 0.05) is 55.2 Å². The highest BCUT2D eigenvalue weighted by atomic mass is 32.2. The summed E-state index contributed by atoms with van der Waals surface area (Å²) in [6, 6.07) is 9.27. The number of hydrogen-bond donors (Lipinski definition) is 2. The smallest absolute Gasteiger partial charge is 0.351 e. The number of likely N-dealkylation sites (tertiary alicyclic amines) is 1. The fraction of sp³-hybridized carbons (Fsp3) is 0.548. The molecule has 2 aliphatic heterocycles. The van der Waals surface area contributed by atoms with Crippen molar-refractivity contribution in [3.05, 3.63) is 52.4 Å². The fourth-order valence-corrected chi connectivity index (χ4v) is 7.91. The molecule has 0 bridgehead atoms. The lowest BCUT2D eigenvalue weighted by Gasteiger charge is -2.43. The van der Waals surface area contributed by atoms with Gasteiger partial charge in [0.05, 0.1) is 24.4 Å². The van der Waals surface area contributed by atoms with Gasteiger partial charge in [-0.05, 0) is 64.7 Å². The number of carbonyl (C=O) groups is 1. The van der Waals surface area contributed by atoms with Crippen LogP contribution in [0.2, 0.25) is 0 Å². The second kappa shape index (κ2) is 12.0. The maximum Gasteiger partial charge on any atom is 0.414 e. The molecule has 2 fully saturated rings. The van der Waals surface area contributed by atoms with E-state index in [1.54, 1.807) is 28.9 Å². The highest BCUT2D eigenvalue weighted by Crippen LogP contribution is 2.33. The van der Waals surface area contributed by atoms with E-state index in [-0.39, 0.29) is 34.2 Å². The Balaban J connectivity index is 1.50. The molecule has 2 aliphatic rings. The number of primary amides is 1. The van der Waals surface area contributed by atoms with Crippen molar-refractivity contribution in [3.8, 4) is 11.1 Å². The molecule has 232 valence electrons. The van der Waals surface area contributed by atoms with Crippen LogP contribution in [0.1, 0.15) is 65.0 Å². The van der Waals surface area contributed by atoms with Crippen LogP contribution in [0, 0.1) is 6.92 Å². The Labute approximate surface area is 253 Å². The van der Waals surface area contributed by atoms with Crippen molar-refractivity contribution >= 4 is 33.0 Å². The summed E-state index contributed by atoms with van der Waals surface area (Å²) in [4.78, 5) is 36.3. The molecule has 11 nitrogen and oxygen atoms in total. The Bertz CT molecular complexity index is 1670. The van der Waals surface area contributed by atoms with Crippen LogP contribution in [0.15, 0.2) is 41.3 Å². The van der Waals surface area contributed by atoms with E-state index in [0.29, 0.717) is 69.0 Å². The summed E-state index contributed by atoms with van der Waals surface area (Å²) in [6.45, 7) is 11.4. The summed E-state index contributed by atoms with van der Waals surface area (Å²) in [5.41, 5.74) is 8.78. The van der Waals surface area contributed by atoms with Crippen LogP contribution in [0.3, 0.4) is 0 Å². The number of rotatable bonds is 7. The maximum absolute atomic E-state index is 14.3. The summed E-state index contributed by atoms with van der Waals surface area (Å²) in [6.07, 6.45) is 4.25. The highest BCUT2D eigenvalue weighted by Gasteiger charge is 2.43. The van der Waals surface area contributed by atoms with Gasteiger partial charge in [0.25, 0.3) is 5.56 Å². The van der Waals surface area contributed by atoms with Gasteiger partial charge in [-0.15, -0.1) is 0 Å². The van der Waals surface area contributed by atoms with Crippen molar-refractivity contribution in [2.75, 3.05) is 31.5 Å². The summed E-state index contributed by atoms with van der Waals surface area (Å²) in [7, 11) is -3.29. The lowest BCUT2D eigenvalue weighted by atomic mass is 9.97. The summed E-state index contributed by atoms with van der Waals surface area (Å²) >= 11 is 0. The predicted octanol–water partition coefficient (Wildman–Crippen LogP) is 4.02. The minimum atomic E-state index is -3.29. The van der Waals surface area contributed by atoms with Gasteiger partial charge in [0.2, 0.25) is 16.0 Å². The van der Waals surface area contributed by atoms with E-state index in [2.05, 4.69) is 10.3 Å². The molecule has 3 N–H and O–H groups in total. The summed E-state index contributed by atoms with van der Waals surface area (Å²) in [5.74, 6) is 0.412. The Kier molecular flexibility index (Phi) is 8.65. The number of quaternary nitrogens is 1. The second-order valence-electron chi connectivity index (χ2n) is 12.6. The van der Waals surface area contributed by atoms with Crippen molar-refractivity contribution in [1.82, 2.24) is 18.8 Å². The Morgan fingerprint density at radius 3 is 2.28 bits per heavy atom. The van der Waals surface area contributed by atoms with Crippen molar-refractivity contribution in [1.29, 1.82) is 0 Å². The van der Waals surface area contributed by atoms with Crippen molar-refractivity contribution in [2.24, 2.45) is 5.73 Å². The lowest BCUT2D eigenvalue weighted by Crippen LogP contribution is -2.63. The zero-order valence-corrected chi connectivity index (χ0v) is 26.6. The van der Waals surface area contributed by atoms with Crippen LogP contribution < -0.4 is 16.6 Å². The average Bonchev–Trinajstić information content (AvgIpc) is 2.97. The molecule has 43 heavy (non-hydrogen) atoms. The molecule has 1 aromatic carbocycles. The standard InChI is InChI=1S/C31H43N7O4S/c1-20(2)38(30(32)40)16-12-25(13-17-38)37-28-23(18-27(29(37)39)26-9-7-6-8-22(26)5)19-33-31(35-28)34-24-10-14-36(15-11-24)43(41,42)21(3)4/h6-9,18-21,24-25H,10-17H2,1-5H3,(H2-,32,33,34,35,39,40)/p+1. The molecule has 2 amide bonds. The van der Waals surface area contributed by atoms with Gasteiger partial charge in [-0.2, -0.15) is 4.98 Å². The Morgan fingerprint density at radius 2 is 1.70 bits per heavy atom. The molecule has 0 unspecified atom stereocenters. The van der Waals surface area contributed by atoms with Crippen LogP contribution in [0.25, 0.3) is 22.2 Å². The second-order valence-corrected chi connectivity index (χ2v) is 15.1. The number of carbonyl (C=O) groups excluding carboxylic acids is 1. The molecular weight excluding hydrogens is 566 g/mol. The molecule has 2 aromatic heterocycles. The Hall–Kier alpha value is -3.35. The molecular formula is C31H44N7O4S+. The molecule has 0 spiro atoms. The number of sulfonamides is 1. The van der Waals surface area contributed by atoms with Crippen LogP contribution in [0.4, 0.5) is 10.7 Å². The topological polar surface area (TPSA) is 140 Å². The number of nitrogens with two attached hydrogens (primary N) is 1. The van der Waals surface area contributed by atoms with E-state index in [4.69, 9.17) is 10.7 Å². The van der Waals surface area contributed by atoms with E-state index in [0.717, 1.165) is 16.5 Å². The summed E-state index contributed by atoms with van der Waals surface area (Å²) in [5, 5.41) is 3.71. The number of amides is 2. The van der Waals surface area contributed by atoms with E-state index in [9.17, 15) is 18.0 Å². The quantitative estimate of drug-likeness (QED) is 0.385. The fourth-order valence-electron chi connectivity index (χ4n) is 6.60. The van der Waals surface area contributed by atoms with Crippen molar-refractivity contribution in [2.45, 2.75) is 83.7 Å².